The van der Waals surface area contributed by atoms with Crippen LogP contribution >= 0.6 is 11.8 Å². The van der Waals surface area contributed by atoms with E-state index in [1.807, 2.05) is 48.5 Å². The number of carbonyl (C=O) groups excluding carboxylic acids is 2. The molecule has 9 heteroatoms. The zero-order valence-electron chi connectivity index (χ0n) is 21.1. The number of amides is 2. The van der Waals surface area contributed by atoms with Gasteiger partial charge >= 0.3 is 0 Å². The molecule has 2 aliphatic rings. The number of anilines is 1. The average molecular weight is 550 g/mol. The highest BCUT2D eigenvalue weighted by molar-refractivity contribution is 7.98. The zero-order valence-corrected chi connectivity index (χ0v) is 22.7. The quantitative estimate of drug-likeness (QED) is 0.416. The van der Waals surface area contributed by atoms with Crippen LogP contribution in [0.15, 0.2) is 83.8 Å². The smallest absolute Gasteiger partial charge is 0.255 e. The van der Waals surface area contributed by atoms with Crippen molar-refractivity contribution in [3.63, 3.8) is 0 Å². The van der Waals surface area contributed by atoms with Gasteiger partial charge in [-0.25, -0.2) is 8.42 Å². The van der Waals surface area contributed by atoms with Gasteiger partial charge in [-0.05, 0) is 54.3 Å². The molecule has 0 saturated carbocycles. The first kappa shape index (κ1) is 26.5. The zero-order chi connectivity index (χ0) is 26.5. The summed E-state index contributed by atoms with van der Waals surface area (Å²) in [5.41, 5.74) is 3.19. The third-order valence-corrected chi connectivity index (χ3v) is 9.99. The van der Waals surface area contributed by atoms with Gasteiger partial charge in [-0.1, -0.05) is 55.0 Å². The van der Waals surface area contributed by atoms with E-state index in [4.69, 9.17) is 0 Å². The molecule has 2 amide bonds. The Morgan fingerprint density at radius 1 is 0.895 bits per heavy atom. The molecule has 0 aliphatic carbocycles. The third-order valence-electron chi connectivity index (χ3n) is 6.99. The maximum Gasteiger partial charge on any atom is 0.255 e. The highest BCUT2D eigenvalue weighted by Crippen LogP contribution is 2.28. The summed E-state index contributed by atoms with van der Waals surface area (Å²) < 4.78 is 27.5. The molecule has 1 N–H and O–H groups in total. The van der Waals surface area contributed by atoms with Crippen LogP contribution in [0.5, 0.6) is 0 Å². The van der Waals surface area contributed by atoms with E-state index in [9.17, 15) is 18.0 Å². The Morgan fingerprint density at radius 3 is 2.29 bits per heavy atom. The Kier molecular flexibility index (Phi) is 8.16. The fourth-order valence-corrected chi connectivity index (χ4v) is 7.51. The molecule has 1 fully saturated rings. The lowest BCUT2D eigenvalue weighted by Crippen LogP contribution is -2.46. The van der Waals surface area contributed by atoms with Crippen molar-refractivity contribution >= 4 is 39.3 Å². The van der Waals surface area contributed by atoms with Crippen LogP contribution in [-0.4, -0.2) is 54.3 Å². The summed E-state index contributed by atoms with van der Waals surface area (Å²) in [6, 6.07) is 23.1. The van der Waals surface area contributed by atoms with Crippen LogP contribution in [0.1, 0.15) is 40.7 Å². The van der Waals surface area contributed by atoms with Gasteiger partial charge in [0.25, 0.3) is 5.91 Å². The van der Waals surface area contributed by atoms with Crippen molar-refractivity contribution in [3.05, 3.63) is 95.6 Å². The largest absolute Gasteiger partial charge is 0.324 e. The van der Waals surface area contributed by atoms with Crippen molar-refractivity contribution in [2.45, 2.75) is 42.5 Å². The van der Waals surface area contributed by atoms with Crippen LogP contribution in [0.2, 0.25) is 0 Å². The predicted octanol–water partition coefficient (Wildman–Crippen LogP) is 4.76. The molecule has 2 heterocycles. The average Bonchev–Trinajstić information content (AvgIpc) is 3.28. The summed E-state index contributed by atoms with van der Waals surface area (Å²) in [6.45, 7) is 1.46. The monoisotopic (exact) mass is 549 g/mol. The number of nitrogens with one attached hydrogen (secondary N) is 1. The number of nitrogens with zero attached hydrogens (tertiary/aromatic N) is 2. The van der Waals surface area contributed by atoms with Gasteiger partial charge in [0.05, 0.1) is 4.90 Å². The minimum absolute atomic E-state index is 0.149. The Labute approximate surface area is 228 Å². The van der Waals surface area contributed by atoms with Gasteiger partial charge in [-0.15, -0.1) is 0 Å². The molecule has 0 spiro atoms. The summed E-state index contributed by atoms with van der Waals surface area (Å²) in [4.78, 5) is 28.6. The van der Waals surface area contributed by atoms with E-state index in [1.165, 1.54) is 16.4 Å². The Hall–Kier alpha value is -3.14. The normalized spacial score (nSPS) is 16.7. The lowest BCUT2D eigenvalue weighted by molar-refractivity contribution is -0.119. The number of fused-ring (bicyclic) bond motifs is 1. The van der Waals surface area contributed by atoms with Crippen molar-refractivity contribution in [3.8, 4) is 0 Å². The maximum absolute atomic E-state index is 13.5. The van der Waals surface area contributed by atoms with Gasteiger partial charge in [0.1, 0.15) is 6.04 Å². The second kappa shape index (κ2) is 11.7. The van der Waals surface area contributed by atoms with Gasteiger partial charge < -0.3 is 10.2 Å². The van der Waals surface area contributed by atoms with Crippen LogP contribution in [0, 0.1) is 0 Å². The first-order valence-corrected chi connectivity index (χ1v) is 15.4. The first-order chi connectivity index (χ1) is 18.4. The van der Waals surface area contributed by atoms with Crippen LogP contribution in [0.3, 0.4) is 0 Å². The van der Waals surface area contributed by atoms with Crippen molar-refractivity contribution in [1.29, 1.82) is 0 Å². The first-order valence-electron chi connectivity index (χ1n) is 12.8. The number of carbonyl (C=O) groups is 2. The molecule has 1 atom stereocenters. The number of hydrogen-bond donors (Lipinski definition) is 1. The van der Waals surface area contributed by atoms with Gasteiger partial charge in [-0.3, -0.25) is 9.59 Å². The predicted molar refractivity (Wildman–Crippen MR) is 150 cm³/mol. The lowest BCUT2D eigenvalue weighted by Gasteiger charge is -2.27. The second-order valence-corrected chi connectivity index (χ2v) is 12.6. The van der Waals surface area contributed by atoms with Crippen LogP contribution in [-0.2, 0) is 27.1 Å². The van der Waals surface area contributed by atoms with Crippen LogP contribution < -0.4 is 5.32 Å². The number of sulfonamides is 1. The number of thioether (sulfide) groups is 1. The highest BCUT2D eigenvalue weighted by atomic mass is 32.2. The molecule has 5 rings (SSSR count). The SMILES string of the molecule is O=C(Nc1ccc(S(=O)(=O)N2CCCCC2)cc1)C(CSCc1ccccc1)N1Cc2ccccc2C1=O. The number of rotatable bonds is 9. The number of benzene rings is 3. The third kappa shape index (κ3) is 5.80. The summed E-state index contributed by atoms with van der Waals surface area (Å²) >= 11 is 1.60. The van der Waals surface area contributed by atoms with E-state index in [-0.39, 0.29) is 16.7 Å². The van der Waals surface area contributed by atoms with Gasteiger partial charge in [0.2, 0.25) is 15.9 Å². The summed E-state index contributed by atoms with van der Waals surface area (Å²) in [5.74, 6) is 0.715. The Morgan fingerprint density at radius 2 is 1.58 bits per heavy atom. The number of piperidine rings is 1. The van der Waals surface area contributed by atoms with E-state index >= 15 is 0 Å². The molecular weight excluding hydrogens is 518 g/mol. The standard InChI is InChI=1S/C29H31N3O4S2/c33-28(30-24-13-15-25(16-14-24)38(35,36)31-17-7-2-8-18-31)27(21-37-20-22-9-3-1-4-10-22)32-19-23-11-5-6-12-26(23)29(32)34/h1,3-6,9-16,27H,2,7-8,17-21H2,(H,30,33). The van der Waals surface area contributed by atoms with E-state index < -0.39 is 16.1 Å². The summed E-state index contributed by atoms with van der Waals surface area (Å²) in [6.07, 6.45) is 2.79. The Balaban J connectivity index is 1.30. The molecule has 1 unspecified atom stereocenters. The van der Waals surface area contributed by atoms with E-state index in [2.05, 4.69) is 5.32 Å². The summed E-state index contributed by atoms with van der Waals surface area (Å²) in [7, 11) is -3.55. The molecule has 38 heavy (non-hydrogen) atoms. The molecule has 7 nitrogen and oxygen atoms in total. The molecule has 1 saturated heterocycles. The Bertz CT molecular complexity index is 1390. The molecule has 0 radical (unpaired) electrons. The minimum Gasteiger partial charge on any atom is -0.324 e. The molecule has 0 aromatic heterocycles. The lowest BCUT2D eigenvalue weighted by atomic mass is 10.1. The minimum atomic E-state index is -3.55. The summed E-state index contributed by atoms with van der Waals surface area (Å²) in [5, 5.41) is 2.92. The molecule has 3 aromatic rings. The van der Waals surface area contributed by atoms with Crippen LogP contribution in [0.25, 0.3) is 0 Å². The van der Waals surface area contributed by atoms with Gasteiger partial charge in [0, 0.05) is 42.4 Å². The number of hydrogen-bond acceptors (Lipinski definition) is 5. The molecule has 3 aromatic carbocycles. The fraction of sp³-hybridized carbons (Fsp3) is 0.310. The van der Waals surface area contributed by atoms with E-state index in [0.717, 1.165) is 36.1 Å². The highest BCUT2D eigenvalue weighted by Gasteiger charge is 2.36. The molecule has 198 valence electrons. The second-order valence-electron chi connectivity index (χ2n) is 9.59. The topological polar surface area (TPSA) is 86.8 Å². The van der Waals surface area contributed by atoms with E-state index in [0.29, 0.717) is 36.6 Å². The van der Waals surface area contributed by atoms with Crippen molar-refractivity contribution in [2.75, 3.05) is 24.2 Å². The van der Waals surface area contributed by atoms with E-state index in [1.54, 1.807) is 34.9 Å². The molecule has 2 aliphatic heterocycles. The molecule has 0 bridgehead atoms. The fourth-order valence-electron chi connectivity index (χ4n) is 4.89. The van der Waals surface area contributed by atoms with Crippen molar-refractivity contribution in [1.82, 2.24) is 9.21 Å². The van der Waals surface area contributed by atoms with Gasteiger partial charge in [0.15, 0.2) is 0 Å². The van der Waals surface area contributed by atoms with Gasteiger partial charge in [-0.2, -0.15) is 16.1 Å². The van der Waals surface area contributed by atoms with Crippen molar-refractivity contribution in [2.24, 2.45) is 0 Å². The molecular formula is C29H31N3O4S2. The maximum atomic E-state index is 13.5. The van der Waals surface area contributed by atoms with Crippen molar-refractivity contribution < 1.29 is 18.0 Å². The van der Waals surface area contributed by atoms with Crippen LogP contribution in [0.4, 0.5) is 5.69 Å².